The Morgan fingerprint density at radius 3 is 2.35 bits per heavy atom. The highest BCUT2D eigenvalue weighted by atomic mass is 16.5. The largest absolute Gasteiger partial charge is 0.493 e. The van der Waals surface area contributed by atoms with Gasteiger partial charge in [-0.3, -0.25) is 9.88 Å². The van der Waals surface area contributed by atoms with Crippen LogP contribution in [0, 0.1) is 0 Å². The molecule has 0 fully saturated rings. The molecule has 0 radical (unpaired) electrons. The van der Waals surface area contributed by atoms with E-state index in [0.717, 1.165) is 50.6 Å². The fourth-order valence-electron chi connectivity index (χ4n) is 3.50. The highest BCUT2D eigenvalue weighted by Crippen LogP contribution is 2.34. The molecule has 3 rings (SSSR count). The number of hydrogen-bond acceptors (Lipinski definition) is 5. The molecule has 2 heterocycles. The number of aromatic nitrogens is 1. The van der Waals surface area contributed by atoms with Crippen LogP contribution < -0.4 is 9.47 Å². The molecule has 0 atom stereocenters. The Hall–Kier alpha value is -2.11. The molecule has 140 valence electrons. The van der Waals surface area contributed by atoms with Gasteiger partial charge >= 0.3 is 0 Å². The van der Waals surface area contributed by atoms with Crippen LogP contribution >= 0.6 is 0 Å². The quantitative estimate of drug-likeness (QED) is 0.691. The Balaban J connectivity index is 1.41. The van der Waals surface area contributed by atoms with Crippen LogP contribution in [0.3, 0.4) is 0 Å². The number of rotatable bonds is 9. The average molecular weight is 355 g/mol. The second kappa shape index (κ2) is 9.01. The summed E-state index contributed by atoms with van der Waals surface area (Å²) in [6.07, 6.45) is 6.01. The van der Waals surface area contributed by atoms with Crippen molar-refractivity contribution in [2.24, 2.45) is 0 Å². The average Bonchev–Trinajstić information content (AvgIpc) is 3.07. The van der Waals surface area contributed by atoms with Crippen LogP contribution in [-0.4, -0.2) is 55.7 Å². The number of hydrogen-bond donors (Lipinski definition) is 0. The van der Waals surface area contributed by atoms with Crippen molar-refractivity contribution in [3.05, 3.63) is 53.3 Å². The molecule has 5 nitrogen and oxygen atoms in total. The fourth-order valence-corrected chi connectivity index (χ4v) is 3.50. The van der Waals surface area contributed by atoms with Gasteiger partial charge in [0.05, 0.1) is 14.2 Å². The van der Waals surface area contributed by atoms with E-state index in [4.69, 9.17) is 9.47 Å². The number of pyridine rings is 1. The van der Waals surface area contributed by atoms with E-state index in [1.807, 2.05) is 18.5 Å². The molecule has 2 aromatic rings. The first kappa shape index (κ1) is 18.7. The van der Waals surface area contributed by atoms with Gasteiger partial charge in [0.25, 0.3) is 0 Å². The van der Waals surface area contributed by atoms with E-state index in [1.165, 1.54) is 23.1 Å². The van der Waals surface area contributed by atoms with E-state index in [9.17, 15) is 0 Å². The SMILES string of the molecule is COc1cc2c(cc1OC)CN(CCCN(C)CCc1cccnc1)C2. The number of likely N-dealkylation sites (N-methyl/N-ethyl adjacent to an activating group) is 1. The lowest BCUT2D eigenvalue weighted by Crippen LogP contribution is -2.26. The zero-order valence-electron chi connectivity index (χ0n) is 16.1. The molecule has 0 saturated heterocycles. The first-order chi connectivity index (χ1) is 12.7. The molecule has 1 aliphatic rings. The van der Waals surface area contributed by atoms with Crippen molar-refractivity contribution < 1.29 is 9.47 Å². The van der Waals surface area contributed by atoms with Gasteiger partial charge in [-0.1, -0.05) is 6.07 Å². The third-order valence-electron chi connectivity index (χ3n) is 5.01. The first-order valence-electron chi connectivity index (χ1n) is 9.23. The van der Waals surface area contributed by atoms with Gasteiger partial charge in [-0.2, -0.15) is 0 Å². The van der Waals surface area contributed by atoms with Crippen molar-refractivity contribution in [2.45, 2.75) is 25.9 Å². The van der Waals surface area contributed by atoms with Gasteiger partial charge in [0.15, 0.2) is 11.5 Å². The van der Waals surface area contributed by atoms with Crippen LogP contribution in [0.4, 0.5) is 0 Å². The lowest BCUT2D eigenvalue weighted by molar-refractivity contribution is 0.251. The molecular formula is C21H29N3O2. The van der Waals surface area contributed by atoms with Crippen molar-refractivity contribution in [2.75, 3.05) is 40.9 Å². The van der Waals surface area contributed by atoms with Crippen molar-refractivity contribution in [3.63, 3.8) is 0 Å². The van der Waals surface area contributed by atoms with Crippen molar-refractivity contribution in [1.29, 1.82) is 0 Å². The second-order valence-corrected chi connectivity index (χ2v) is 6.95. The van der Waals surface area contributed by atoms with Crippen LogP contribution in [0.2, 0.25) is 0 Å². The molecule has 0 saturated carbocycles. The number of nitrogens with zero attached hydrogens (tertiary/aromatic N) is 3. The number of benzene rings is 1. The third-order valence-corrected chi connectivity index (χ3v) is 5.01. The maximum absolute atomic E-state index is 5.42. The topological polar surface area (TPSA) is 37.8 Å². The summed E-state index contributed by atoms with van der Waals surface area (Å²) in [7, 11) is 5.58. The van der Waals surface area contributed by atoms with Crippen molar-refractivity contribution in [3.8, 4) is 11.5 Å². The number of methoxy groups -OCH3 is 2. The molecule has 0 N–H and O–H groups in total. The standard InChI is InChI=1S/C21H29N3O2/c1-23(11-7-17-6-4-8-22-14-17)9-5-10-24-15-18-12-20(25-2)21(26-3)13-19(18)16-24/h4,6,8,12-14H,5,7,9-11,15-16H2,1-3H3. The van der Waals surface area contributed by atoms with Gasteiger partial charge in [-0.05, 0) is 61.3 Å². The van der Waals surface area contributed by atoms with Crippen LogP contribution in [0.1, 0.15) is 23.1 Å². The van der Waals surface area contributed by atoms with Gasteiger partial charge in [0.1, 0.15) is 0 Å². The minimum atomic E-state index is 0.822. The van der Waals surface area contributed by atoms with E-state index in [-0.39, 0.29) is 0 Å². The number of fused-ring (bicyclic) bond motifs is 1. The summed E-state index contributed by atoms with van der Waals surface area (Å²) < 4.78 is 10.8. The Morgan fingerprint density at radius 1 is 1.08 bits per heavy atom. The molecular weight excluding hydrogens is 326 g/mol. The van der Waals surface area contributed by atoms with E-state index < -0.39 is 0 Å². The van der Waals surface area contributed by atoms with Crippen LogP contribution in [0.5, 0.6) is 11.5 Å². The van der Waals surface area contributed by atoms with Gasteiger partial charge in [-0.25, -0.2) is 0 Å². The molecule has 0 bridgehead atoms. The highest BCUT2D eigenvalue weighted by Gasteiger charge is 2.21. The maximum atomic E-state index is 5.42. The summed E-state index contributed by atoms with van der Waals surface area (Å²) in [6.45, 7) is 5.28. The van der Waals surface area contributed by atoms with Crippen molar-refractivity contribution >= 4 is 0 Å². The highest BCUT2D eigenvalue weighted by molar-refractivity contribution is 5.48. The van der Waals surface area contributed by atoms with E-state index in [0.29, 0.717) is 0 Å². The molecule has 0 unspecified atom stereocenters. The predicted octanol–water partition coefficient (Wildman–Crippen LogP) is 2.98. The Labute approximate surface area is 156 Å². The lowest BCUT2D eigenvalue weighted by atomic mass is 10.1. The summed E-state index contributed by atoms with van der Waals surface area (Å²) in [6, 6.07) is 8.39. The van der Waals surface area contributed by atoms with Gasteiger partial charge in [-0.15, -0.1) is 0 Å². The smallest absolute Gasteiger partial charge is 0.161 e. The first-order valence-corrected chi connectivity index (χ1v) is 9.23. The summed E-state index contributed by atoms with van der Waals surface area (Å²) in [4.78, 5) is 9.08. The van der Waals surface area contributed by atoms with Gasteiger partial charge in [0.2, 0.25) is 0 Å². The zero-order valence-corrected chi connectivity index (χ0v) is 16.1. The minimum absolute atomic E-state index is 0.822. The Morgan fingerprint density at radius 2 is 1.77 bits per heavy atom. The Bertz CT molecular complexity index is 673. The van der Waals surface area contributed by atoms with E-state index in [2.05, 4.69) is 40.0 Å². The second-order valence-electron chi connectivity index (χ2n) is 6.95. The fraction of sp³-hybridized carbons (Fsp3) is 0.476. The summed E-state index contributed by atoms with van der Waals surface area (Å²) >= 11 is 0. The van der Waals surface area contributed by atoms with Crippen LogP contribution in [0.15, 0.2) is 36.7 Å². The maximum Gasteiger partial charge on any atom is 0.161 e. The predicted molar refractivity (Wildman–Crippen MR) is 104 cm³/mol. The lowest BCUT2D eigenvalue weighted by Gasteiger charge is -2.19. The molecule has 1 aromatic carbocycles. The van der Waals surface area contributed by atoms with Crippen LogP contribution in [-0.2, 0) is 19.5 Å². The summed E-state index contributed by atoms with van der Waals surface area (Å²) in [5.41, 5.74) is 4.01. The monoisotopic (exact) mass is 355 g/mol. The van der Waals surface area contributed by atoms with E-state index in [1.54, 1.807) is 14.2 Å². The van der Waals surface area contributed by atoms with Crippen molar-refractivity contribution in [1.82, 2.24) is 14.8 Å². The molecule has 0 spiro atoms. The molecule has 26 heavy (non-hydrogen) atoms. The molecule has 1 aliphatic heterocycles. The normalized spacial score (nSPS) is 13.8. The van der Waals surface area contributed by atoms with Crippen LogP contribution in [0.25, 0.3) is 0 Å². The Kier molecular flexibility index (Phi) is 6.47. The minimum Gasteiger partial charge on any atom is -0.493 e. The van der Waals surface area contributed by atoms with Gasteiger partial charge < -0.3 is 14.4 Å². The molecule has 0 aliphatic carbocycles. The summed E-state index contributed by atoms with van der Waals surface area (Å²) in [5, 5.41) is 0. The summed E-state index contributed by atoms with van der Waals surface area (Å²) in [5.74, 6) is 1.64. The molecule has 0 amide bonds. The molecule has 1 aromatic heterocycles. The van der Waals surface area contributed by atoms with E-state index >= 15 is 0 Å². The molecule has 5 heteroatoms. The number of ether oxygens (including phenoxy) is 2. The zero-order chi connectivity index (χ0) is 18.4. The third kappa shape index (κ3) is 4.74. The van der Waals surface area contributed by atoms with Gasteiger partial charge in [0, 0.05) is 38.6 Å².